The van der Waals surface area contributed by atoms with Crippen molar-refractivity contribution in [2.45, 2.75) is 36.8 Å². The van der Waals surface area contributed by atoms with Crippen LogP contribution in [-0.4, -0.2) is 43.0 Å². The van der Waals surface area contributed by atoms with Gasteiger partial charge in [0.25, 0.3) is 21.9 Å². The average molecular weight is 466 g/mol. The first-order valence-electron chi connectivity index (χ1n) is 9.94. The van der Waals surface area contributed by atoms with Gasteiger partial charge in [0.05, 0.1) is 16.0 Å². The second kappa shape index (κ2) is 8.27. The van der Waals surface area contributed by atoms with Gasteiger partial charge in [-0.15, -0.1) is 6.42 Å². The maximum absolute atomic E-state index is 13.0. The van der Waals surface area contributed by atoms with Crippen LogP contribution < -0.4 is 5.32 Å². The summed E-state index contributed by atoms with van der Waals surface area (Å²) in [5.74, 6) is -0.366. The Labute approximate surface area is 189 Å². The van der Waals surface area contributed by atoms with Crippen molar-refractivity contribution in [1.29, 1.82) is 0 Å². The quantitative estimate of drug-likeness (QED) is 0.402. The third kappa shape index (κ3) is 4.04. The molecule has 0 spiro atoms. The Hall–Kier alpha value is -3.81. The Kier molecular flexibility index (Phi) is 5.61. The Balaban J connectivity index is 1.62. The van der Waals surface area contributed by atoms with Gasteiger partial charge in [-0.25, -0.2) is 4.18 Å². The highest BCUT2D eigenvalue weighted by molar-refractivity contribution is 7.86. The smallest absolute Gasteiger partial charge is 0.295 e. The molecular formula is C23H18N2O7S. The molecule has 0 aromatic heterocycles. The molecule has 2 unspecified atom stereocenters. The van der Waals surface area contributed by atoms with Gasteiger partial charge >= 0.3 is 0 Å². The molecule has 168 valence electrons. The molecule has 33 heavy (non-hydrogen) atoms. The van der Waals surface area contributed by atoms with Crippen molar-refractivity contribution in [2.24, 2.45) is 0 Å². The highest BCUT2D eigenvalue weighted by Gasteiger charge is 2.44. The molecule has 2 aliphatic rings. The molecule has 1 N–H and O–H groups in total. The van der Waals surface area contributed by atoms with E-state index in [-0.39, 0.29) is 34.4 Å². The zero-order valence-electron chi connectivity index (χ0n) is 17.4. The van der Waals surface area contributed by atoms with Crippen LogP contribution in [0.2, 0.25) is 0 Å². The molecule has 1 saturated heterocycles. The Morgan fingerprint density at radius 1 is 1.06 bits per heavy atom. The second-order valence-corrected chi connectivity index (χ2v) is 9.23. The maximum Gasteiger partial charge on any atom is 0.298 e. The molecular weight excluding hydrogens is 448 g/mol. The van der Waals surface area contributed by atoms with Crippen molar-refractivity contribution in [3.63, 3.8) is 0 Å². The number of hydrogen-bond acceptors (Lipinski definition) is 7. The van der Waals surface area contributed by atoms with Gasteiger partial charge in [0.2, 0.25) is 11.8 Å². The standard InChI is InChI=1S/C23H18N2O7S/c1-3-19(32-33(30,31)15-7-4-13(2)5-8-15)14-6-9-16-17(12-14)23(29)25(22(16)28)18-10-11-20(26)24-21(18)27/h1,4-9,12,18-19H,10-11H2,2H3,(H,24,26,27). The number of carbonyl (C=O) groups excluding carboxylic acids is 4. The van der Waals surface area contributed by atoms with Gasteiger partial charge in [0, 0.05) is 6.42 Å². The van der Waals surface area contributed by atoms with Gasteiger partial charge in [0.1, 0.15) is 6.04 Å². The lowest BCUT2D eigenvalue weighted by molar-refractivity contribution is -0.136. The molecule has 4 rings (SSSR count). The summed E-state index contributed by atoms with van der Waals surface area (Å²) in [4.78, 5) is 50.1. The number of benzene rings is 2. The number of terminal acetylenes is 1. The minimum atomic E-state index is -4.20. The molecule has 9 nitrogen and oxygen atoms in total. The molecule has 2 aromatic rings. The van der Waals surface area contributed by atoms with Gasteiger partial charge in [-0.05, 0) is 43.2 Å². The van der Waals surface area contributed by atoms with Crippen molar-refractivity contribution >= 4 is 33.7 Å². The zero-order valence-corrected chi connectivity index (χ0v) is 18.2. The largest absolute Gasteiger partial charge is 0.298 e. The van der Waals surface area contributed by atoms with Crippen LogP contribution in [0.25, 0.3) is 0 Å². The van der Waals surface area contributed by atoms with Gasteiger partial charge in [0.15, 0.2) is 6.10 Å². The van der Waals surface area contributed by atoms with E-state index in [0.717, 1.165) is 10.5 Å². The van der Waals surface area contributed by atoms with Crippen LogP contribution in [0.3, 0.4) is 0 Å². The highest BCUT2D eigenvalue weighted by Crippen LogP contribution is 2.31. The Morgan fingerprint density at radius 2 is 1.73 bits per heavy atom. The third-order valence-electron chi connectivity index (χ3n) is 5.45. The third-order valence-corrected chi connectivity index (χ3v) is 6.75. The summed E-state index contributed by atoms with van der Waals surface area (Å²) >= 11 is 0. The zero-order chi connectivity index (χ0) is 23.9. The van der Waals surface area contributed by atoms with E-state index in [2.05, 4.69) is 11.2 Å². The minimum Gasteiger partial charge on any atom is -0.295 e. The summed E-state index contributed by atoms with van der Waals surface area (Å²) in [5, 5.41) is 2.12. The van der Waals surface area contributed by atoms with E-state index in [1.807, 2.05) is 6.92 Å². The van der Waals surface area contributed by atoms with E-state index in [1.54, 1.807) is 12.1 Å². The summed E-state index contributed by atoms with van der Waals surface area (Å²) in [7, 11) is -4.20. The monoisotopic (exact) mass is 466 g/mol. The van der Waals surface area contributed by atoms with E-state index >= 15 is 0 Å². The fraction of sp³-hybridized carbons (Fsp3) is 0.217. The van der Waals surface area contributed by atoms with E-state index in [1.165, 1.54) is 30.3 Å². The summed E-state index contributed by atoms with van der Waals surface area (Å²) in [6, 6.07) is 8.92. The summed E-state index contributed by atoms with van der Waals surface area (Å²) in [6.07, 6.45) is 4.18. The van der Waals surface area contributed by atoms with Gasteiger partial charge in [-0.1, -0.05) is 29.7 Å². The lowest BCUT2D eigenvalue weighted by Gasteiger charge is -2.27. The number of hydrogen-bond donors (Lipinski definition) is 1. The number of carbonyl (C=O) groups is 4. The predicted octanol–water partition coefficient (Wildman–Crippen LogP) is 1.48. The number of piperidine rings is 1. The average Bonchev–Trinajstić information content (AvgIpc) is 3.02. The first kappa shape index (κ1) is 22.4. The molecule has 0 saturated carbocycles. The number of nitrogens with one attached hydrogen (secondary N) is 1. The molecule has 4 amide bonds. The normalized spacial score (nSPS) is 19.2. The lowest BCUT2D eigenvalue weighted by atomic mass is 10.0. The number of amides is 4. The van der Waals surface area contributed by atoms with Crippen LogP contribution in [0.5, 0.6) is 0 Å². The highest BCUT2D eigenvalue weighted by atomic mass is 32.2. The van der Waals surface area contributed by atoms with Crippen LogP contribution in [0, 0.1) is 19.3 Å². The van der Waals surface area contributed by atoms with Crippen molar-refractivity contribution < 1.29 is 31.8 Å². The number of fused-ring (bicyclic) bond motifs is 1. The van der Waals surface area contributed by atoms with Crippen LogP contribution in [0.15, 0.2) is 47.4 Å². The van der Waals surface area contributed by atoms with Crippen molar-refractivity contribution in [2.75, 3.05) is 0 Å². The van der Waals surface area contributed by atoms with E-state index in [4.69, 9.17) is 10.6 Å². The van der Waals surface area contributed by atoms with Gasteiger partial charge < -0.3 is 0 Å². The Bertz CT molecular complexity index is 1340. The fourth-order valence-electron chi connectivity index (χ4n) is 3.72. The van der Waals surface area contributed by atoms with Crippen LogP contribution in [0.1, 0.15) is 50.8 Å². The van der Waals surface area contributed by atoms with Crippen LogP contribution in [0.4, 0.5) is 0 Å². The van der Waals surface area contributed by atoms with Crippen LogP contribution >= 0.6 is 0 Å². The molecule has 1 fully saturated rings. The Morgan fingerprint density at radius 3 is 2.36 bits per heavy atom. The summed E-state index contributed by atoms with van der Waals surface area (Å²) in [5.41, 5.74) is 1.06. The number of rotatable bonds is 5. The topological polar surface area (TPSA) is 127 Å². The molecule has 0 radical (unpaired) electrons. The predicted molar refractivity (Wildman–Crippen MR) is 114 cm³/mol. The molecule has 0 aliphatic carbocycles. The van der Waals surface area contributed by atoms with Crippen molar-refractivity contribution in [3.8, 4) is 12.3 Å². The second-order valence-electron chi connectivity index (χ2n) is 7.66. The van der Waals surface area contributed by atoms with Gasteiger partial charge in [-0.2, -0.15) is 8.42 Å². The molecule has 2 heterocycles. The maximum atomic E-state index is 13.0. The SMILES string of the molecule is C#CC(OS(=O)(=O)c1ccc(C)cc1)c1ccc2c(c1)C(=O)N(C1CCC(=O)NC1=O)C2=O. The van der Waals surface area contributed by atoms with Crippen molar-refractivity contribution in [1.82, 2.24) is 10.2 Å². The summed E-state index contributed by atoms with van der Waals surface area (Å²) in [6.45, 7) is 1.81. The van der Waals surface area contributed by atoms with Crippen molar-refractivity contribution in [3.05, 3.63) is 64.7 Å². The number of aryl methyl sites for hydroxylation is 1. The minimum absolute atomic E-state index is 0.00105. The lowest BCUT2D eigenvalue weighted by Crippen LogP contribution is -2.54. The first-order chi connectivity index (χ1) is 15.6. The molecule has 10 heteroatoms. The molecule has 0 bridgehead atoms. The number of imide groups is 2. The molecule has 2 aromatic carbocycles. The van der Waals surface area contributed by atoms with Gasteiger partial charge in [-0.3, -0.25) is 29.4 Å². The van der Waals surface area contributed by atoms with E-state index < -0.39 is 45.9 Å². The fourth-order valence-corrected chi connectivity index (χ4v) is 4.72. The van der Waals surface area contributed by atoms with E-state index in [9.17, 15) is 27.6 Å². The van der Waals surface area contributed by atoms with Crippen LogP contribution in [-0.2, 0) is 23.9 Å². The molecule has 2 atom stereocenters. The molecule has 2 aliphatic heterocycles. The number of nitrogens with zero attached hydrogens (tertiary/aromatic N) is 1. The van der Waals surface area contributed by atoms with E-state index in [0.29, 0.717) is 0 Å². The summed E-state index contributed by atoms with van der Waals surface area (Å²) < 4.78 is 30.5. The first-order valence-corrected chi connectivity index (χ1v) is 11.3.